The summed E-state index contributed by atoms with van der Waals surface area (Å²) in [7, 11) is 0. The number of hydrogen-bond acceptors (Lipinski definition) is 5. The predicted molar refractivity (Wildman–Crippen MR) is 112 cm³/mol. The molecule has 0 unspecified atom stereocenters. The van der Waals surface area contributed by atoms with E-state index in [-0.39, 0.29) is 36.8 Å². The van der Waals surface area contributed by atoms with Gasteiger partial charge in [0.2, 0.25) is 12.2 Å². The molecule has 0 aliphatic rings. The van der Waals surface area contributed by atoms with E-state index in [1.807, 2.05) is 30.3 Å². The maximum Gasteiger partial charge on any atom is 0.330 e. The molecule has 0 aliphatic carbocycles. The van der Waals surface area contributed by atoms with Crippen molar-refractivity contribution in [3.8, 4) is 0 Å². The topological polar surface area (TPSA) is 101 Å². The summed E-state index contributed by atoms with van der Waals surface area (Å²) >= 11 is 0. The van der Waals surface area contributed by atoms with Crippen LogP contribution in [-0.2, 0) is 22.9 Å². The average Bonchev–Trinajstić information content (AvgIpc) is 2.78. The zero-order chi connectivity index (χ0) is 21.5. The second kappa shape index (κ2) is 9.62. The number of anilines is 1. The number of nitrogens with zero attached hydrogens (tertiary/aromatic N) is 2. The molecule has 8 nitrogen and oxygen atoms in total. The van der Waals surface area contributed by atoms with Gasteiger partial charge in [-0.05, 0) is 12.5 Å². The smallest absolute Gasteiger partial charge is 0.330 e. The highest BCUT2D eigenvalue weighted by Crippen LogP contribution is 2.18. The van der Waals surface area contributed by atoms with Crippen molar-refractivity contribution < 1.29 is 14.3 Å². The monoisotopic (exact) mass is 407 g/mol. The lowest BCUT2D eigenvalue weighted by molar-refractivity contribution is -0.107. The minimum atomic E-state index is -0.812. The molecule has 0 aliphatic heterocycles. The summed E-state index contributed by atoms with van der Waals surface area (Å²) in [6.07, 6.45) is 0.450. The van der Waals surface area contributed by atoms with E-state index in [2.05, 4.69) is 4.98 Å². The molecule has 8 heteroatoms. The van der Waals surface area contributed by atoms with Crippen molar-refractivity contribution in [2.75, 3.05) is 11.4 Å². The number of carbonyl (C=O) groups excluding carboxylic acids is 2. The molecule has 0 spiro atoms. The minimum absolute atomic E-state index is 0.144. The van der Waals surface area contributed by atoms with Crippen LogP contribution in [0.3, 0.4) is 0 Å². The lowest BCUT2D eigenvalue weighted by Gasteiger charge is -2.20. The molecule has 0 bridgehead atoms. The number of carbonyl (C=O) groups is 2. The van der Waals surface area contributed by atoms with Gasteiger partial charge in [0.15, 0.2) is 0 Å². The standard InChI is InChI=1S/C22H21N3O5/c1-2-24(14-26)19-18(20(27)17-11-7-4-8-12-17)25(22(29)23-21(19)28)15-30-13-16-9-5-3-6-10-16/h3-12,14H,2,13,15H2,1H3,(H,23,28,29). The zero-order valence-corrected chi connectivity index (χ0v) is 16.4. The van der Waals surface area contributed by atoms with Crippen LogP contribution < -0.4 is 16.1 Å². The molecule has 30 heavy (non-hydrogen) atoms. The second-order valence-electron chi connectivity index (χ2n) is 6.43. The van der Waals surface area contributed by atoms with Gasteiger partial charge in [0.25, 0.3) is 5.56 Å². The lowest BCUT2D eigenvalue weighted by Crippen LogP contribution is -2.40. The molecule has 2 aromatic carbocycles. The van der Waals surface area contributed by atoms with Crippen LogP contribution >= 0.6 is 0 Å². The van der Waals surface area contributed by atoms with Crippen molar-refractivity contribution >= 4 is 17.9 Å². The van der Waals surface area contributed by atoms with Gasteiger partial charge >= 0.3 is 5.69 Å². The molecule has 1 aromatic heterocycles. The number of amides is 1. The normalized spacial score (nSPS) is 10.6. The SMILES string of the molecule is CCN(C=O)c1c(C(=O)c2ccccc2)n(COCc2ccccc2)c(=O)[nH]c1=O. The molecule has 3 aromatic rings. The summed E-state index contributed by atoms with van der Waals surface area (Å²) in [6.45, 7) is 1.73. The molecule has 3 rings (SSSR count). The third-order valence-electron chi connectivity index (χ3n) is 4.51. The molecular weight excluding hydrogens is 386 g/mol. The van der Waals surface area contributed by atoms with Crippen molar-refractivity contribution in [3.63, 3.8) is 0 Å². The first-order chi connectivity index (χ1) is 14.6. The third kappa shape index (κ3) is 4.44. The van der Waals surface area contributed by atoms with E-state index in [4.69, 9.17) is 4.74 Å². The maximum atomic E-state index is 13.3. The Morgan fingerprint density at radius 3 is 2.30 bits per heavy atom. The van der Waals surface area contributed by atoms with E-state index < -0.39 is 17.0 Å². The van der Waals surface area contributed by atoms with Gasteiger partial charge in [-0.15, -0.1) is 0 Å². The Hall–Kier alpha value is -3.78. The Morgan fingerprint density at radius 2 is 1.70 bits per heavy atom. The van der Waals surface area contributed by atoms with Crippen molar-refractivity contribution in [1.29, 1.82) is 0 Å². The van der Waals surface area contributed by atoms with E-state index in [0.29, 0.717) is 6.41 Å². The molecule has 0 saturated heterocycles. The Balaban J connectivity index is 2.09. The molecule has 1 N–H and O–H groups in total. The average molecular weight is 407 g/mol. The summed E-state index contributed by atoms with van der Waals surface area (Å²) in [5, 5.41) is 0. The van der Waals surface area contributed by atoms with Gasteiger partial charge in [0.05, 0.1) is 6.61 Å². The lowest BCUT2D eigenvalue weighted by atomic mass is 10.1. The number of aromatic amines is 1. The fourth-order valence-electron chi connectivity index (χ4n) is 3.02. The van der Waals surface area contributed by atoms with E-state index in [9.17, 15) is 19.2 Å². The zero-order valence-electron chi connectivity index (χ0n) is 16.4. The highest BCUT2D eigenvalue weighted by atomic mass is 16.5. The first-order valence-corrected chi connectivity index (χ1v) is 9.37. The second-order valence-corrected chi connectivity index (χ2v) is 6.43. The number of hydrogen-bond donors (Lipinski definition) is 1. The predicted octanol–water partition coefficient (Wildman–Crippen LogP) is 1.92. The number of rotatable bonds is 9. The van der Waals surface area contributed by atoms with Crippen molar-refractivity contribution in [2.45, 2.75) is 20.3 Å². The van der Waals surface area contributed by atoms with Crippen LogP contribution in [0.2, 0.25) is 0 Å². The van der Waals surface area contributed by atoms with Gasteiger partial charge in [-0.1, -0.05) is 60.7 Å². The summed E-state index contributed by atoms with van der Waals surface area (Å²) < 4.78 is 6.68. The summed E-state index contributed by atoms with van der Waals surface area (Å²) in [4.78, 5) is 53.1. The Bertz CT molecular complexity index is 1140. The first-order valence-electron chi connectivity index (χ1n) is 9.37. The van der Waals surface area contributed by atoms with Crippen LogP contribution in [0.1, 0.15) is 28.5 Å². The number of nitrogens with one attached hydrogen (secondary N) is 1. The molecular formula is C22H21N3O5. The number of aromatic nitrogens is 2. The molecule has 0 fully saturated rings. The van der Waals surface area contributed by atoms with Crippen LogP contribution in [0.5, 0.6) is 0 Å². The number of H-pyrrole nitrogens is 1. The minimum Gasteiger partial charge on any atom is -0.356 e. The molecule has 0 radical (unpaired) electrons. The van der Waals surface area contributed by atoms with Crippen LogP contribution in [-0.4, -0.2) is 28.3 Å². The molecule has 1 amide bonds. The first kappa shape index (κ1) is 20.9. The third-order valence-corrected chi connectivity index (χ3v) is 4.51. The van der Waals surface area contributed by atoms with E-state index in [1.54, 1.807) is 37.3 Å². The van der Waals surface area contributed by atoms with Gasteiger partial charge in [-0.2, -0.15) is 0 Å². The number of ether oxygens (including phenoxy) is 1. The van der Waals surface area contributed by atoms with Crippen molar-refractivity contribution in [1.82, 2.24) is 9.55 Å². The van der Waals surface area contributed by atoms with Gasteiger partial charge in [-0.25, -0.2) is 4.79 Å². The summed E-state index contributed by atoms with van der Waals surface area (Å²) in [5.74, 6) is -0.558. The fourth-order valence-corrected chi connectivity index (χ4v) is 3.02. The van der Waals surface area contributed by atoms with E-state index >= 15 is 0 Å². The Kier molecular flexibility index (Phi) is 6.71. The van der Waals surface area contributed by atoms with Crippen molar-refractivity contribution in [2.24, 2.45) is 0 Å². The van der Waals surface area contributed by atoms with Crippen LogP contribution in [0, 0.1) is 0 Å². The highest BCUT2D eigenvalue weighted by Gasteiger charge is 2.26. The van der Waals surface area contributed by atoms with Crippen molar-refractivity contribution in [3.05, 3.63) is 98.3 Å². The Labute approximate surface area is 172 Å². The van der Waals surface area contributed by atoms with Crippen LogP contribution in [0.15, 0.2) is 70.3 Å². The largest absolute Gasteiger partial charge is 0.356 e. The van der Waals surface area contributed by atoms with Crippen LogP contribution in [0.25, 0.3) is 0 Å². The molecule has 154 valence electrons. The van der Waals surface area contributed by atoms with E-state index in [0.717, 1.165) is 15.0 Å². The summed E-state index contributed by atoms with van der Waals surface area (Å²) in [5.41, 5.74) is -0.830. The maximum absolute atomic E-state index is 13.3. The van der Waals surface area contributed by atoms with Gasteiger partial charge in [0.1, 0.15) is 18.1 Å². The fraction of sp³-hybridized carbons (Fsp3) is 0.182. The summed E-state index contributed by atoms with van der Waals surface area (Å²) in [6, 6.07) is 17.6. The quantitative estimate of drug-likeness (QED) is 0.431. The Morgan fingerprint density at radius 1 is 1.07 bits per heavy atom. The molecule has 0 saturated carbocycles. The highest BCUT2D eigenvalue weighted by molar-refractivity contribution is 6.11. The van der Waals surface area contributed by atoms with Gasteiger partial charge < -0.3 is 9.64 Å². The number of ketones is 1. The van der Waals surface area contributed by atoms with Gasteiger partial charge in [-0.3, -0.25) is 23.9 Å². The van der Waals surface area contributed by atoms with Gasteiger partial charge in [0, 0.05) is 12.1 Å². The molecule has 0 atom stereocenters. The number of benzene rings is 2. The van der Waals surface area contributed by atoms with Crippen LogP contribution in [0.4, 0.5) is 5.69 Å². The van der Waals surface area contributed by atoms with E-state index in [1.165, 1.54) is 0 Å². The molecule has 1 heterocycles.